The number of rotatable bonds is 8. The molecule has 0 aliphatic heterocycles. The molecule has 3 rings (SSSR count). The smallest absolute Gasteiger partial charge is 0.235 e. The van der Waals surface area contributed by atoms with E-state index in [-0.39, 0.29) is 17.8 Å². The third-order valence-electron chi connectivity index (χ3n) is 4.17. The van der Waals surface area contributed by atoms with Crippen LogP contribution in [0.3, 0.4) is 0 Å². The standard InChI is InChI=1S/C20H22BrN5O2S/c1-14(19(27)25(2)12-15-7-4-3-5-8-15)29-20-24-23-18(26(20)22)13-28-17-10-6-9-16(21)11-17/h3-11,14H,12-13,22H2,1-2H3/t14-/m0/s1. The molecule has 0 radical (unpaired) electrons. The van der Waals surface area contributed by atoms with E-state index in [1.165, 1.54) is 16.4 Å². The molecule has 1 heterocycles. The van der Waals surface area contributed by atoms with Crippen LogP contribution in [-0.4, -0.2) is 38.0 Å². The fraction of sp³-hybridized carbons (Fsp3) is 0.250. The molecule has 0 saturated heterocycles. The summed E-state index contributed by atoms with van der Waals surface area (Å²) in [6.07, 6.45) is 0. The maximum absolute atomic E-state index is 12.7. The highest BCUT2D eigenvalue weighted by Gasteiger charge is 2.22. The fourth-order valence-corrected chi connectivity index (χ4v) is 3.93. The van der Waals surface area contributed by atoms with Crippen LogP contribution >= 0.6 is 27.7 Å². The maximum Gasteiger partial charge on any atom is 0.235 e. The van der Waals surface area contributed by atoms with Crippen LogP contribution in [0.25, 0.3) is 0 Å². The first-order valence-corrected chi connectivity index (χ1v) is 10.6. The molecular weight excluding hydrogens is 454 g/mol. The van der Waals surface area contributed by atoms with Crippen molar-refractivity contribution in [1.29, 1.82) is 0 Å². The van der Waals surface area contributed by atoms with E-state index in [4.69, 9.17) is 10.6 Å². The molecule has 2 aromatic carbocycles. The van der Waals surface area contributed by atoms with Gasteiger partial charge >= 0.3 is 0 Å². The van der Waals surface area contributed by atoms with Crippen molar-refractivity contribution >= 4 is 33.6 Å². The number of halogens is 1. The molecule has 0 spiro atoms. The number of nitrogens with two attached hydrogens (primary N) is 1. The first-order chi connectivity index (χ1) is 13.9. The number of carbonyl (C=O) groups excluding carboxylic acids is 1. The zero-order valence-electron chi connectivity index (χ0n) is 16.2. The molecule has 7 nitrogen and oxygen atoms in total. The predicted octanol–water partition coefficient (Wildman–Crippen LogP) is 3.47. The van der Waals surface area contributed by atoms with Crippen LogP contribution in [0.4, 0.5) is 0 Å². The Balaban J connectivity index is 1.57. The second-order valence-electron chi connectivity index (χ2n) is 6.45. The van der Waals surface area contributed by atoms with E-state index in [9.17, 15) is 4.79 Å². The summed E-state index contributed by atoms with van der Waals surface area (Å²) in [5.74, 6) is 7.27. The molecule has 2 N–H and O–H groups in total. The second-order valence-corrected chi connectivity index (χ2v) is 8.68. The Kier molecular flexibility index (Phi) is 7.16. The van der Waals surface area contributed by atoms with E-state index < -0.39 is 0 Å². The zero-order valence-corrected chi connectivity index (χ0v) is 18.6. The van der Waals surface area contributed by atoms with Gasteiger partial charge in [0.05, 0.1) is 5.25 Å². The number of amides is 1. The van der Waals surface area contributed by atoms with Gasteiger partial charge in [0.1, 0.15) is 12.4 Å². The van der Waals surface area contributed by atoms with Gasteiger partial charge in [0.25, 0.3) is 0 Å². The van der Waals surface area contributed by atoms with Crippen LogP contribution in [-0.2, 0) is 17.9 Å². The van der Waals surface area contributed by atoms with Crippen LogP contribution in [0.5, 0.6) is 5.75 Å². The molecule has 0 unspecified atom stereocenters. The number of nitrogen functional groups attached to an aromatic ring is 1. The zero-order chi connectivity index (χ0) is 20.8. The molecule has 1 aromatic heterocycles. The van der Waals surface area contributed by atoms with Gasteiger partial charge < -0.3 is 15.5 Å². The van der Waals surface area contributed by atoms with Crippen LogP contribution < -0.4 is 10.6 Å². The Morgan fingerprint density at radius 1 is 1.24 bits per heavy atom. The Morgan fingerprint density at radius 3 is 2.72 bits per heavy atom. The summed E-state index contributed by atoms with van der Waals surface area (Å²) < 4.78 is 7.99. The molecule has 0 aliphatic carbocycles. The van der Waals surface area contributed by atoms with Gasteiger partial charge in [0.15, 0.2) is 5.82 Å². The van der Waals surface area contributed by atoms with Crippen molar-refractivity contribution in [1.82, 2.24) is 19.8 Å². The van der Waals surface area contributed by atoms with Crippen LogP contribution in [0.2, 0.25) is 0 Å². The summed E-state index contributed by atoms with van der Waals surface area (Å²) in [6, 6.07) is 17.4. The topological polar surface area (TPSA) is 86.3 Å². The summed E-state index contributed by atoms with van der Waals surface area (Å²) in [7, 11) is 1.79. The van der Waals surface area contributed by atoms with Crippen LogP contribution in [0.1, 0.15) is 18.3 Å². The third-order valence-corrected chi connectivity index (χ3v) is 5.71. The number of nitrogens with zero attached hydrogens (tertiary/aromatic N) is 4. The minimum absolute atomic E-state index is 0.00575. The SMILES string of the molecule is C[C@H](Sc1nnc(COc2cccc(Br)c2)n1N)C(=O)N(C)Cc1ccccc1. The molecule has 1 atom stereocenters. The molecule has 152 valence electrons. The molecule has 29 heavy (non-hydrogen) atoms. The van der Waals surface area contributed by atoms with E-state index >= 15 is 0 Å². The summed E-state index contributed by atoms with van der Waals surface area (Å²) in [4.78, 5) is 14.4. The van der Waals surface area contributed by atoms with Crippen LogP contribution in [0.15, 0.2) is 64.2 Å². The number of benzene rings is 2. The van der Waals surface area contributed by atoms with Gasteiger partial charge in [-0.05, 0) is 30.7 Å². The minimum Gasteiger partial charge on any atom is -0.485 e. The van der Waals surface area contributed by atoms with Crippen LogP contribution in [0, 0.1) is 0 Å². The quantitative estimate of drug-likeness (QED) is 0.396. The van der Waals surface area contributed by atoms with Gasteiger partial charge in [-0.15, -0.1) is 10.2 Å². The number of thioether (sulfide) groups is 1. The summed E-state index contributed by atoms with van der Waals surface area (Å²) in [5.41, 5.74) is 1.08. The highest BCUT2D eigenvalue weighted by atomic mass is 79.9. The van der Waals surface area contributed by atoms with E-state index in [1.54, 1.807) is 11.9 Å². The Bertz CT molecular complexity index is 967. The minimum atomic E-state index is -0.353. The number of hydrogen-bond acceptors (Lipinski definition) is 6. The first kappa shape index (κ1) is 21.2. The van der Waals surface area contributed by atoms with E-state index in [0.717, 1.165) is 10.0 Å². The lowest BCUT2D eigenvalue weighted by atomic mass is 10.2. The van der Waals surface area contributed by atoms with Gasteiger partial charge in [-0.25, -0.2) is 4.68 Å². The Morgan fingerprint density at radius 2 is 2.00 bits per heavy atom. The van der Waals surface area contributed by atoms with Gasteiger partial charge in [0, 0.05) is 18.1 Å². The highest BCUT2D eigenvalue weighted by Crippen LogP contribution is 2.23. The molecule has 0 bridgehead atoms. The normalized spacial score (nSPS) is 11.8. The number of aromatic nitrogens is 3. The molecule has 3 aromatic rings. The van der Waals surface area contributed by atoms with E-state index in [0.29, 0.717) is 23.3 Å². The monoisotopic (exact) mass is 475 g/mol. The van der Waals surface area contributed by atoms with Crippen molar-refractivity contribution in [3.63, 3.8) is 0 Å². The lowest BCUT2D eigenvalue weighted by molar-refractivity contribution is -0.129. The average Bonchev–Trinajstić information content (AvgIpc) is 3.06. The summed E-state index contributed by atoms with van der Waals surface area (Å²) >= 11 is 4.68. The number of ether oxygens (including phenoxy) is 1. The van der Waals surface area contributed by atoms with E-state index in [2.05, 4.69) is 26.1 Å². The fourth-order valence-electron chi connectivity index (χ4n) is 2.64. The van der Waals surface area contributed by atoms with Crippen molar-refractivity contribution in [2.24, 2.45) is 0 Å². The molecule has 1 amide bonds. The summed E-state index contributed by atoms with van der Waals surface area (Å²) in [6.45, 7) is 2.56. The highest BCUT2D eigenvalue weighted by molar-refractivity contribution is 9.10. The van der Waals surface area contributed by atoms with Gasteiger partial charge in [-0.3, -0.25) is 4.79 Å². The molecular formula is C20H22BrN5O2S. The summed E-state index contributed by atoms with van der Waals surface area (Å²) in [5, 5.41) is 8.30. The molecule has 0 saturated carbocycles. The van der Waals surface area contributed by atoms with Gasteiger partial charge in [-0.2, -0.15) is 0 Å². The number of hydrogen-bond donors (Lipinski definition) is 1. The predicted molar refractivity (Wildman–Crippen MR) is 117 cm³/mol. The molecule has 0 aliphatic rings. The third kappa shape index (κ3) is 5.74. The average molecular weight is 476 g/mol. The molecule has 9 heteroatoms. The van der Waals surface area contributed by atoms with Crippen molar-refractivity contribution < 1.29 is 9.53 Å². The lowest BCUT2D eigenvalue weighted by Gasteiger charge is -2.21. The van der Waals surface area contributed by atoms with Crippen molar-refractivity contribution in [2.45, 2.75) is 30.5 Å². The van der Waals surface area contributed by atoms with Gasteiger partial charge in [0.2, 0.25) is 11.1 Å². The number of carbonyl (C=O) groups is 1. The van der Waals surface area contributed by atoms with Gasteiger partial charge in [-0.1, -0.05) is 64.1 Å². The van der Waals surface area contributed by atoms with Crippen molar-refractivity contribution in [2.75, 3.05) is 12.9 Å². The Hall–Kier alpha value is -2.52. The first-order valence-electron chi connectivity index (χ1n) is 8.97. The second kappa shape index (κ2) is 9.80. The Labute approximate surface area is 182 Å². The van der Waals surface area contributed by atoms with Crippen molar-refractivity contribution in [3.05, 3.63) is 70.5 Å². The molecule has 0 fully saturated rings. The maximum atomic E-state index is 12.7. The largest absolute Gasteiger partial charge is 0.485 e. The lowest BCUT2D eigenvalue weighted by Crippen LogP contribution is -2.33. The van der Waals surface area contributed by atoms with E-state index in [1.807, 2.05) is 61.5 Å². The van der Waals surface area contributed by atoms with Crippen molar-refractivity contribution in [3.8, 4) is 5.75 Å².